The van der Waals surface area contributed by atoms with E-state index >= 15 is 0 Å². The van der Waals surface area contributed by atoms with Gasteiger partial charge in [-0.15, -0.1) is 0 Å². The molecule has 0 aromatic carbocycles. The van der Waals surface area contributed by atoms with Crippen molar-refractivity contribution in [3.63, 3.8) is 0 Å². The molecule has 0 bridgehead atoms. The van der Waals surface area contributed by atoms with Gasteiger partial charge in [0.1, 0.15) is 30.0 Å². The molecule has 9 atom stereocenters. The number of fused-ring (bicyclic) bond motifs is 1. The van der Waals surface area contributed by atoms with E-state index in [1.807, 2.05) is 0 Å². The first-order chi connectivity index (χ1) is 12.7. The van der Waals surface area contributed by atoms with Crippen LogP contribution in [0.3, 0.4) is 0 Å². The second-order valence-electron chi connectivity index (χ2n) is 6.78. The van der Waals surface area contributed by atoms with Crippen LogP contribution >= 0.6 is 0 Å². The van der Waals surface area contributed by atoms with Crippen LogP contribution in [-0.4, -0.2) is 97.5 Å². The molecule has 11 nitrogen and oxygen atoms in total. The Bertz CT molecular complexity index is 632. The monoisotopic (exact) mass is 390 g/mol. The van der Waals surface area contributed by atoms with Gasteiger partial charge in [0.2, 0.25) is 6.29 Å². The number of carbonyl (C=O) groups is 1. The highest BCUT2D eigenvalue weighted by molar-refractivity contribution is 5.87. The Balaban J connectivity index is 1.84. The summed E-state index contributed by atoms with van der Waals surface area (Å²) < 4.78 is 16.0. The Kier molecular flexibility index (Phi) is 5.57. The maximum atomic E-state index is 11.4. The maximum absolute atomic E-state index is 11.4. The Hall–Kier alpha value is -1.57. The lowest BCUT2D eigenvalue weighted by Crippen LogP contribution is -2.61. The molecule has 11 heteroatoms. The van der Waals surface area contributed by atoms with Gasteiger partial charge >= 0.3 is 5.97 Å². The summed E-state index contributed by atoms with van der Waals surface area (Å²) in [5.74, 6) is -3.20. The standard InChI is InChI=1S/C16H22O11/c17-3-8-10(19)11(20)12(21)15(26-8)27-14-9-6(1-2-16(9,24)5-18)7(4-25-14)13(22)23/h1-2,4,6,8-12,14-15,17-21,24H,3,5H2,(H,22,23)/t6-,8-,9-,10+,11+,12+,14+,15+,16+/m0/s1. The van der Waals surface area contributed by atoms with Gasteiger partial charge in [0.25, 0.3) is 0 Å². The van der Waals surface area contributed by atoms with Crippen molar-refractivity contribution in [3.05, 3.63) is 24.0 Å². The van der Waals surface area contributed by atoms with Crippen molar-refractivity contribution in [2.24, 2.45) is 11.8 Å². The van der Waals surface area contributed by atoms with E-state index in [0.717, 1.165) is 6.26 Å². The predicted octanol–water partition coefficient (Wildman–Crippen LogP) is -3.35. The van der Waals surface area contributed by atoms with Gasteiger partial charge in [-0.05, 0) is 0 Å². The highest BCUT2D eigenvalue weighted by atomic mass is 16.8. The number of rotatable bonds is 5. The van der Waals surface area contributed by atoms with Gasteiger partial charge in [-0.1, -0.05) is 12.2 Å². The summed E-state index contributed by atoms with van der Waals surface area (Å²) in [5, 5.41) is 68.4. The van der Waals surface area contributed by atoms with Crippen molar-refractivity contribution < 1.29 is 54.8 Å². The van der Waals surface area contributed by atoms with Gasteiger partial charge in [0.05, 0.1) is 31.0 Å². The molecule has 3 rings (SSSR count). The molecule has 0 spiro atoms. The Morgan fingerprint density at radius 3 is 2.44 bits per heavy atom. The van der Waals surface area contributed by atoms with Crippen LogP contribution in [0, 0.1) is 11.8 Å². The van der Waals surface area contributed by atoms with E-state index in [-0.39, 0.29) is 5.57 Å². The summed E-state index contributed by atoms with van der Waals surface area (Å²) in [6.07, 6.45) is -5.48. The van der Waals surface area contributed by atoms with E-state index in [1.54, 1.807) is 0 Å². The zero-order chi connectivity index (χ0) is 19.9. The summed E-state index contributed by atoms with van der Waals surface area (Å²) >= 11 is 0. The minimum Gasteiger partial charge on any atom is -0.478 e. The molecule has 0 amide bonds. The molecular formula is C16H22O11. The first-order valence-corrected chi connectivity index (χ1v) is 8.31. The largest absolute Gasteiger partial charge is 0.478 e. The number of ether oxygens (including phenoxy) is 3. The van der Waals surface area contributed by atoms with Crippen LogP contribution in [0.1, 0.15) is 0 Å². The number of carboxylic acid groups (broad SMARTS) is 1. The average Bonchev–Trinajstić information content (AvgIpc) is 3.01. The fraction of sp³-hybridized carbons (Fsp3) is 0.688. The molecule has 0 radical (unpaired) electrons. The number of aliphatic carboxylic acids is 1. The van der Waals surface area contributed by atoms with Crippen LogP contribution in [0.2, 0.25) is 0 Å². The van der Waals surface area contributed by atoms with E-state index in [0.29, 0.717) is 0 Å². The number of aliphatic hydroxyl groups excluding tert-OH is 5. The van der Waals surface area contributed by atoms with Crippen LogP contribution in [0.5, 0.6) is 0 Å². The van der Waals surface area contributed by atoms with E-state index < -0.39 is 73.6 Å². The molecule has 0 aromatic heterocycles. The zero-order valence-electron chi connectivity index (χ0n) is 14.0. The van der Waals surface area contributed by atoms with Crippen molar-refractivity contribution in [3.8, 4) is 0 Å². The molecule has 7 N–H and O–H groups in total. The van der Waals surface area contributed by atoms with Crippen molar-refractivity contribution in [1.82, 2.24) is 0 Å². The van der Waals surface area contributed by atoms with Gasteiger partial charge in [-0.2, -0.15) is 0 Å². The van der Waals surface area contributed by atoms with Gasteiger partial charge in [0, 0.05) is 5.92 Å². The van der Waals surface area contributed by atoms with Crippen LogP contribution < -0.4 is 0 Å². The van der Waals surface area contributed by atoms with Gasteiger partial charge in [-0.25, -0.2) is 4.79 Å². The van der Waals surface area contributed by atoms with Crippen LogP contribution in [0.25, 0.3) is 0 Å². The molecule has 152 valence electrons. The summed E-state index contributed by atoms with van der Waals surface area (Å²) in [5.41, 5.74) is -2.01. The van der Waals surface area contributed by atoms with Gasteiger partial charge < -0.3 is 50.0 Å². The van der Waals surface area contributed by atoms with E-state index in [9.17, 15) is 40.5 Å². The van der Waals surface area contributed by atoms with Gasteiger partial charge in [0.15, 0.2) is 6.29 Å². The molecule has 1 saturated heterocycles. The lowest BCUT2D eigenvalue weighted by molar-refractivity contribution is -0.346. The normalized spacial score (nSPS) is 46.5. The summed E-state index contributed by atoms with van der Waals surface area (Å²) in [4.78, 5) is 11.4. The molecule has 0 unspecified atom stereocenters. The van der Waals surface area contributed by atoms with Crippen molar-refractivity contribution >= 4 is 5.97 Å². The minimum atomic E-state index is -1.85. The quantitative estimate of drug-likeness (QED) is 0.233. The second-order valence-corrected chi connectivity index (χ2v) is 6.78. The highest BCUT2D eigenvalue weighted by Gasteiger charge is 2.55. The molecular weight excluding hydrogens is 368 g/mol. The number of aliphatic hydroxyl groups is 6. The third-order valence-electron chi connectivity index (χ3n) is 5.15. The Morgan fingerprint density at radius 2 is 1.85 bits per heavy atom. The molecule has 1 fully saturated rings. The summed E-state index contributed by atoms with van der Waals surface area (Å²) in [7, 11) is 0. The second kappa shape index (κ2) is 7.45. The van der Waals surface area contributed by atoms with Crippen LogP contribution in [-0.2, 0) is 19.0 Å². The number of hydrogen-bond acceptors (Lipinski definition) is 10. The minimum absolute atomic E-state index is 0.158. The molecule has 3 aliphatic rings. The smallest absolute Gasteiger partial charge is 0.335 e. The predicted molar refractivity (Wildman–Crippen MR) is 83.6 cm³/mol. The fourth-order valence-electron chi connectivity index (χ4n) is 3.60. The fourth-order valence-corrected chi connectivity index (χ4v) is 3.60. The lowest BCUT2D eigenvalue weighted by Gasteiger charge is -2.44. The number of allylic oxidation sites excluding steroid dienone is 1. The summed E-state index contributed by atoms with van der Waals surface area (Å²) in [6.45, 7) is -1.40. The molecule has 1 aliphatic carbocycles. The third-order valence-corrected chi connectivity index (χ3v) is 5.15. The molecule has 2 aliphatic heterocycles. The first kappa shape index (κ1) is 20.2. The Morgan fingerprint density at radius 1 is 1.15 bits per heavy atom. The van der Waals surface area contributed by atoms with E-state index in [2.05, 4.69) is 0 Å². The summed E-state index contributed by atoms with van der Waals surface area (Å²) in [6, 6.07) is 0. The zero-order valence-corrected chi connectivity index (χ0v) is 14.0. The topological polar surface area (TPSA) is 186 Å². The van der Waals surface area contributed by atoms with Gasteiger partial charge in [-0.3, -0.25) is 0 Å². The first-order valence-electron chi connectivity index (χ1n) is 8.31. The molecule has 0 saturated carbocycles. The number of carboxylic acids is 1. The number of hydrogen-bond donors (Lipinski definition) is 7. The Labute approximate surface area is 153 Å². The lowest BCUT2D eigenvalue weighted by atomic mass is 9.79. The van der Waals surface area contributed by atoms with Crippen LogP contribution in [0.15, 0.2) is 24.0 Å². The molecule has 27 heavy (non-hydrogen) atoms. The maximum Gasteiger partial charge on any atom is 0.335 e. The molecule has 0 aromatic rings. The van der Waals surface area contributed by atoms with Crippen molar-refractivity contribution in [1.29, 1.82) is 0 Å². The molecule has 2 heterocycles. The van der Waals surface area contributed by atoms with E-state index in [4.69, 9.17) is 14.2 Å². The SMILES string of the molecule is O=C(O)C1=CO[C@H](O[C@H]2O[C@@H](CO)[C@@H](O)[C@@H](O)[C@H]2O)[C@@H]2[C@H]1C=C[C@@]2(O)CO. The van der Waals surface area contributed by atoms with E-state index in [1.165, 1.54) is 12.2 Å². The highest BCUT2D eigenvalue weighted by Crippen LogP contribution is 2.45. The van der Waals surface area contributed by atoms with Crippen LogP contribution in [0.4, 0.5) is 0 Å². The average molecular weight is 390 g/mol. The van der Waals surface area contributed by atoms with Crippen molar-refractivity contribution in [2.75, 3.05) is 13.2 Å². The van der Waals surface area contributed by atoms with Crippen molar-refractivity contribution in [2.45, 2.75) is 42.6 Å². The third kappa shape index (κ3) is 3.37.